The van der Waals surface area contributed by atoms with Crippen LogP contribution in [0.4, 0.5) is 0 Å². The molecule has 31 heavy (non-hydrogen) atoms. The summed E-state index contributed by atoms with van der Waals surface area (Å²) in [7, 11) is 0. The van der Waals surface area contributed by atoms with Gasteiger partial charge in [0.2, 0.25) is 0 Å². The molecule has 6 nitrogen and oxygen atoms in total. The molecule has 4 aromatic rings. The first-order valence-electron chi connectivity index (χ1n) is 9.93. The van der Waals surface area contributed by atoms with Gasteiger partial charge in [-0.2, -0.15) is 0 Å². The molecule has 1 aliphatic rings. The second-order valence-corrected chi connectivity index (χ2v) is 7.43. The largest absolute Gasteiger partial charge is 0.394 e. The average Bonchev–Trinajstić information content (AvgIpc) is 3.16. The number of nitrogens with zero attached hydrogens (tertiary/aromatic N) is 2. The van der Waals surface area contributed by atoms with Crippen LogP contribution in [0.2, 0.25) is 0 Å². The van der Waals surface area contributed by atoms with Gasteiger partial charge in [-0.3, -0.25) is 15.3 Å². The minimum atomic E-state index is -0.504. The van der Waals surface area contributed by atoms with Crippen LogP contribution in [0.3, 0.4) is 0 Å². The zero-order valence-corrected chi connectivity index (χ0v) is 16.5. The van der Waals surface area contributed by atoms with E-state index in [9.17, 15) is 15.3 Å². The summed E-state index contributed by atoms with van der Waals surface area (Å²) in [5, 5.41) is 28.2. The zero-order valence-electron chi connectivity index (χ0n) is 16.5. The Balaban J connectivity index is 1.54. The Morgan fingerprint density at radius 2 is 1.52 bits per heavy atom. The van der Waals surface area contributed by atoms with Crippen LogP contribution in [0.5, 0.6) is 0 Å². The topological polar surface area (TPSA) is 78.4 Å². The number of allylic oxidation sites excluding steroid dienone is 1. The van der Waals surface area contributed by atoms with Crippen LogP contribution in [-0.4, -0.2) is 15.5 Å². The molecule has 0 radical (unpaired) electrons. The molecule has 1 aliphatic heterocycles. The van der Waals surface area contributed by atoms with E-state index in [-0.39, 0.29) is 17.8 Å². The SMILES string of the molecule is O=[N+]([O-])/C(=C/C1=[N+]([O-])OC(c2cccc3ccccc23)C1)c1cccc2ccccc12. The standard InChI is InChI=1S/C25H18N2O4/c28-26(29)24(22-13-5-9-17-7-1-3-11-20(17)22)15-19-16-25(31-27(19)30)23-14-6-10-18-8-2-4-12-21(18)23/h1-15,25H,16H2/b24-15+. The maximum Gasteiger partial charge on any atom is 0.283 e. The van der Waals surface area contributed by atoms with Gasteiger partial charge in [0.1, 0.15) is 6.10 Å². The molecule has 0 N–H and O–H groups in total. The zero-order chi connectivity index (χ0) is 21.4. The van der Waals surface area contributed by atoms with Crippen molar-refractivity contribution in [2.75, 3.05) is 0 Å². The third-order valence-electron chi connectivity index (χ3n) is 5.59. The summed E-state index contributed by atoms with van der Waals surface area (Å²) in [6.45, 7) is 0. The van der Waals surface area contributed by atoms with Gasteiger partial charge in [-0.05, 0) is 33.2 Å². The van der Waals surface area contributed by atoms with E-state index in [4.69, 9.17) is 4.84 Å². The van der Waals surface area contributed by atoms with Crippen LogP contribution in [0.15, 0.2) is 91.0 Å². The van der Waals surface area contributed by atoms with Gasteiger partial charge >= 0.3 is 0 Å². The van der Waals surface area contributed by atoms with Crippen molar-refractivity contribution in [1.82, 2.24) is 0 Å². The van der Waals surface area contributed by atoms with Crippen molar-refractivity contribution in [3.63, 3.8) is 0 Å². The quantitative estimate of drug-likeness (QED) is 0.248. The number of hydrogen-bond acceptors (Lipinski definition) is 4. The lowest BCUT2D eigenvalue weighted by Gasteiger charge is -2.14. The average molecular weight is 410 g/mol. The summed E-state index contributed by atoms with van der Waals surface area (Å²) in [4.78, 5) is 17.4. The first-order valence-corrected chi connectivity index (χ1v) is 9.93. The van der Waals surface area contributed by atoms with Crippen molar-refractivity contribution in [2.45, 2.75) is 12.5 Å². The van der Waals surface area contributed by atoms with E-state index in [1.165, 1.54) is 6.08 Å². The van der Waals surface area contributed by atoms with Gasteiger partial charge < -0.3 is 4.84 Å². The summed E-state index contributed by atoms with van der Waals surface area (Å²) in [6.07, 6.45) is 1.08. The predicted octanol–water partition coefficient (Wildman–Crippen LogP) is 5.64. The van der Waals surface area contributed by atoms with Crippen molar-refractivity contribution in [3.8, 4) is 0 Å². The Bertz CT molecular complexity index is 1380. The van der Waals surface area contributed by atoms with Crippen LogP contribution >= 0.6 is 0 Å². The van der Waals surface area contributed by atoms with E-state index < -0.39 is 11.0 Å². The van der Waals surface area contributed by atoms with Crippen molar-refractivity contribution >= 4 is 33.0 Å². The fraction of sp³-hybridized carbons (Fsp3) is 0.0800. The maximum absolute atomic E-state index is 12.5. The van der Waals surface area contributed by atoms with Gasteiger partial charge in [-0.1, -0.05) is 78.9 Å². The van der Waals surface area contributed by atoms with Crippen molar-refractivity contribution in [3.05, 3.63) is 117 Å². The minimum absolute atomic E-state index is 0.130. The van der Waals surface area contributed by atoms with Gasteiger partial charge in [-0.25, -0.2) is 0 Å². The molecule has 0 aliphatic carbocycles. The molecule has 1 heterocycles. The lowest BCUT2D eigenvalue weighted by Crippen LogP contribution is -2.07. The molecule has 5 rings (SSSR count). The van der Waals surface area contributed by atoms with E-state index in [0.717, 1.165) is 27.1 Å². The van der Waals surface area contributed by atoms with Gasteiger partial charge in [0, 0.05) is 4.90 Å². The lowest BCUT2D eigenvalue weighted by molar-refractivity contribution is -0.742. The van der Waals surface area contributed by atoms with Crippen LogP contribution < -0.4 is 0 Å². The Morgan fingerprint density at radius 1 is 0.903 bits per heavy atom. The molecule has 0 saturated carbocycles. The van der Waals surface area contributed by atoms with Crippen LogP contribution in [0.1, 0.15) is 23.7 Å². The van der Waals surface area contributed by atoms with E-state index >= 15 is 0 Å². The number of fused-ring (bicyclic) bond motifs is 2. The predicted molar refractivity (Wildman–Crippen MR) is 120 cm³/mol. The van der Waals surface area contributed by atoms with Crippen molar-refractivity contribution < 1.29 is 14.7 Å². The molecule has 0 fully saturated rings. The molecule has 1 atom stereocenters. The third-order valence-corrected chi connectivity index (χ3v) is 5.59. The second kappa shape index (κ2) is 7.57. The van der Waals surface area contributed by atoms with E-state index in [0.29, 0.717) is 10.5 Å². The first kappa shape index (κ1) is 18.8. The Morgan fingerprint density at radius 3 is 2.26 bits per heavy atom. The van der Waals surface area contributed by atoms with Gasteiger partial charge in [0.05, 0.1) is 23.0 Å². The summed E-state index contributed by atoms with van der Waals surface area (Å²) < 4.78 is 0. The van der Waals surface area contributed by atoms with Gasteiger partial charge in [0.15, 0.2) is 0 Å². The van der Waals surface area contributed by atoms with E-state index in [2.05, 4.69) is 0 Å². The summed E-state index contributed by atoms with van der Waals surface area (Å²) in [5.41, 5.74) is 1.44. The normalized spacial score (nSPS) is 16.6. The summed E-state index contributed by atoms with van der Waals surface area (Å²) >= 11 is 0. The Labute approximate surface area is 178 Å². The first-order chi connectivity index (χ1) is 15.1. The molecule has 6 heteroatoms. The maximum atomic E-state index is 12.5. The second-order valence-electron chi connectivity index (χ2n) is 7.43. The van der Waals surface area contributed by atoms with Crippen molar-refractivity contribution in [1.29, 1.82) is 0 Å². The highest BCUT2D eigenvalue weighted by Gasteiger charge is 2.31. The highest BCUT2D eigenvalue weighted by atomic mass is 16.9. The van der Waals surface area contributed by atoms with Gasteiger partial charge in [-0.15, -0.1) is 0 Å². The van der Waals surface area contributed by atoms with E-state index in [1.54, 1.807) is 12.1 Å². The molecular formula is C25H18N2O4. The molecule has 4 aromatic carbocycles. The Hall–Kier alpha value is -4.19. The summed E-state index contributed by atoms with van der Waals surface area (Å²) in [5.74, 6) is 0. The summed E-state index contributed by atoms with van der Waals surface area (Å²) in [6, 6.07) is 26.6. The third kappa shape index (κ3) is 3.38. The van der Waals surface area contributed by atoms with Gasteiger partial charge in [0.25, 0.3) is 11.4 Å². The highest BCUT2D eigenvalue weighted by Crippen LogP contribution is 2.34. The molecule has 0 amide bonds. The fourth-order valence-electron chi connectivity index (χ4n) is 4.13. The minimum Gasteiger partial charge on any atom is -0.394 e. The molecular weight excluding hydrogens is 392 g/mol. The van der Waals surface area contributed by atoms with E-state index in [1.807, 2.05) is 72.8 Å². The number of hydrogen-bond donors (Lipinski definition) is 0. The monoisotopic (exact) mass is 410 g/mol. The van der Waals surface area contributed by atoms with Crippen molar-refractivity contribution in [2.24, 2.45) is 0 Å². The molecule has 0 bridgehead atoms. The number of nitro groups is 1. The number of rotatable bonds is 4. The molecule has 1 unspecified atom stereocenters. The number of benzene rings is 4. The Kier molecular flexibility index (Phi) is 4.59. The lowest BCUT2D eigenvalue weighted by atomic mass is 9.96. The van der Waals surface area contributed by atoms with Crippen LogP contribution in [0, 0.1) is 15.3 Å². The molecule has 0 spiro atoms. The molecule has 0 aromatic heterocycles. The van der Waals surface area contributed by atoms with Crippen LogP contribution in [0.25, 0.3) is 27.2 Å². The smallest absolute Gasteiger partial charge is 0.283 e. The molecule has 0 saturated heterocycles. The molecule has 152 valence electrons. The fourth-order valence-corrected chi connectivity index (χ4v) is 4.13. The highest BCUT2D eigenvalue weighted by molar-refractivity contribution is 6.01. The van der Waals surface area contributed by atoms with Crippen LogP contribution in [-0.2, 0) is 4.84 Å².